The standard InChI is InChI=1S/C13H16F3N3O/c1-9-5-6-18-10(7-13(14,15)16)3-4-11(9)12(20)19(2)8-17/h3-5,8,11,17H,6-7H2,1-2H3/b4-3+,9-5?,17-8?,18-10+. The maximum atomic E-state index is 12.4. The normalized spacial score (nSPS) is 23.8. The van der Waals surface area contributed by atoms with Crippen LogP contribution in [0.25, 0.3) is 0 Å². The summed E-state index contributed by atoms with van der Waals surface area (Å²) in [4.78, 5) is 17.0. The fraction of sp³-hybridized carbons (Fsp3) is 0.462. The molecule has 110 valence electrons. The highest BCUT2D eigenvalue weighted by Crippen LogP contribution is 2.23. The number of halogens is 3. The highest BCUT2D eigenvalue weighted by molar-refractivity contribution is 5.97. The molecule has 0 saturated carbocycles. The van der Waals surface area contributed by atoms with Crippen LogP contribution in [0.1, 0.15) is 13.3 Å². The molecule has 1 heterocycles. The number of allylic oxidation sites excluding steroid dienone is 1. The average Bonchev–Trinajstić information content (AvgIpc) is 2.33. The molecule has 0 aromatic carbocycles. The lowest BCUT2D eigenvalue weighted by molar-refractivity contribution is -0.127. The van der Waals surface area contributed by atoms with E-state index in [4.69, 9.17) is 5.41 Å². The van der Waals surface area contributed by atoms with Gasteiger partial charge in [0.25, 0.3) is 0 Å². The van der Waals surface area contributed by atoms with Gasteiger partial charge in [-0.2, -0.15) is 13.2 Å². The Morgan fingerprint density at radius 3 is 2.80 bits per heavy atom. The number of nitrogens with one attached hydrogen (secondary N) is 1. The molecule has 1 unspecified atom stereocenters. The van der Waals surface area contributed by atoms with E-state index in [1.807, 2.05) is 0 Å². The Morgan fingerprint density at radius 1 is 1.60 bits per heavy atom. The molecule has 0 spiro atoms. The number of hydrogen-bond donors (Lipinski definition) is 1. The highest BCUT2D eigenvalue weighted by atomic mass is 19.4. The summed E-state index contributed by atoms with van der Waals surface area (Å²) in [6.45, 7) is 1.83. The minimum Gasteiger partial charge on any atom is -0.306 e. The lowest BCUT2D eigenvalue weighted by Gasteiger charge is -2.19. The molecule has 20 heavy (non-hydrogen) atoms. The summed E-state index contributed by atoms with van der Waals surface area (Å²) < 4.78 is 37.1. The first-order chi connectivity index (χ1) is 9.24. The van der Waals surface area contributed by atoms with Gasteiger partial charge in [-0.25, -0.2) is 0 Å². The Bertz CT molecular complexity index is 478. The largest absolute Gasteiger partial charge is 0.394 e. The number of hydrogen-bond acceptors (Lipinski definition) is 3. The molecule has 1 N–H and O–H groups in total. The first kappa shape index (κ1) is 16.1. The second-order valence-corrected chi connectivity index (χ2v) is 4.49. The number of carbonyl (C=O) groups excluding carboxylic acids is 1. The molecule has 0 aromatic heterocycles. The number of alkyl halides is 3. The van der Waals surface area contributed by atoms with Gasteiger partial charge in [-0.15, -0.1) is 0 Å². The Morgan fingerprint density at radius 2 is 2.25 bits per heavy atom. The monoisotopic (exact) mass is 287 g/mol. The molecule has 7 heteroatoms. The van der Waals surface area contributed by atoms with Crippen LogP contribution in [-0.4, -0.2) is 42.6 Å². The summed E-state index contributed by atoms with van der Waals surface area (Å²) in [5, 5.41) is 7.04. The zero-order chi connectivity index (χ0) is 15.3. The molecular weight excluding hydrogens is 271 g/mol. The van der Waals surface area contributed by atoms with Crippen LogP contribution >= 0.6 is 0 Å². The lowest BCUT2D eigenvalue weighted by atomic mass is 9.96. The zero-order valence-electron chi connectivity index (χ0n) is 11.2. The second-order valence-electron chi connectivity index (χ2n) is 4.49. The van der Waals surface area contributed by atoms with Crippen molar-refractivity contribution in [2.45, 2.75) is 19.5 Å². The molecular formula is C13H16F3N3O. The second kappa shape index (κ2) is 6.49. The van der Waals surface area contributed by atoms with Crippen LogP contribution in [0.15, 0.2) is 28.8 Å². The summed E-state index contributed by atoms with van der Waals surface area (Å²) in [7, 11) is 1.43. The fourth-order valence-corrected chi connectivity index (χ4v) is 1.73. The summed E-state index contributed by atoms with van der Waals surface area (Å²) in [5.41, 5.74) is 0.603. The van der Waals surface area contributed by atoms with Crippen molar-refractivity contribution in [3.63, 3.8) is 0 Å². The van der Waals surface area contributed by atoms with E-state index < -0.39 is 18.5 Å². The van der Waals surface area contributed by atoms with Gasteiger partial charge < -0.3 is 4.90 Å². The van der Waals surface area contributed by atoms with Crippen molar-refractivity contribution in [3.05, 3.63) is 23.8 Å². The van der Waals surface area contributed by atoms with Crippen molar-refractivity contribution >= 4 is 18.0 Å². The van der Waals surface area contributed by atoms with Gasteiger partial charge in [-0.1, -0.05) is 17.7 Å². The molecule has 0 radical (unpaired) electrons. The van der Waals surface area contributed by atoms with Gasteiger partial charge in [0.15, 0.2) is 0 Å². The first-order valence-corrected chi connectivity index (χ1v) is 5.97. The van der Waals surface area contributed by atoms with Gasteiger partial charge in [0.2, 0.25) is 5.91 Å². The van der Waals surface area contributed by atoms with E-state index in [9.17, 15) is 18.0 Å². The molecule has 0 bridgehead atoms. The summed E-state index contributed by atoms with van der Waals surface area (Å²) in [6.07, 6.45) is -0.306. The van der Waals surface area contributed by atoms with E-state index in [1.165, 1.54) is 19.2 Å². The summed E-state index contributed by atoms with van der Waals surface area (Å²) >= 11 is 0. The zero-order valence-corrected chi connectivity index (χ0v) is 11.2. The Balaban J connectivity index is 2.97. The van der Waals surface area contributed by atoms with Crippen LogP contribution in [0.2, 0.25) is 0 Å². The number of nitrogens with zero attached hydrogens (tertiary/aromatic N) is 2. The van der Waals surface area contributed by atoms with Crippen LogP contribution in [0.5, 0.6) is 0 Å². The van der Waals surface area contributed by atoms with Crippen molar-refractivity contribution in [2.24, 2.45) is 10.9 Å². The van der Waals surface area contributed by atoms with Gasteiger partial charge in [-0.3, -0.25) is 15.2 Å². The van der Waals surface area contributed by atoms with E-state index in [0.717, 1.165) is 11.2 Å². The van der Waals surface area contributed by atoms with Gasteiger partial charge in [0.1, 0.15) is 0 Å². The Labute approximate surface area is 115 Å². The van der Waals surface area contributed by atoms with Crippen LogP contribution in [0.3, 0.4) is 0 Å². The molecule has 1 amide bonds. The number of carbonyl (C=O) groups is 1. The Kier molecular flexibility index (Phi) is 5.24. The molecule has 4 nitrogen and oxygen atoms in total. The van der Waals surface area contributed by atoms with E-state index in [2.05, 4.69) is 4.99 Å². The maximum Gasteiger partial charge on any atom is 0.394 e. The molecule has 1 aliphatic heterocycles. The van der Waals surface area contributed by atoms with Gasteiger partial charge in [0, 0.05) is 12.8 Å². The van der Waals surface area contributed by atoms with E-state index in [1.54, 1.807) is 13.0 Å². The SMILES string of the molecule is CC1=CC/N=C(CC(F)(F)F)\C=C\C1C(=O)N(C)C=N. The smallest absolute Gasteiger partial charge is 0.306 e. The quantitative estimate of drug-likeness (QED) is 0.484. The number of rotatable bonds is 3. The van der Waals surface area contributed by atoms with Crippen molar-refractivity contribution in [3.8, 4) is 0 Å². The maximum absolute atomic E-state index is 12.4. The van der Waals surface area contributed by atoms with Crippen LogP contribution in [0, 0.1) is 11.3 Å². The minimum absolute atomic E-state index is 0.100. The highest BCUT2D eigenvalue weighted by Gasteiger charge is 2.29. The van der Waals surface area contributed by atoms with Crippen molar-refractivity contribution in [1.29, 1.82) is 5.41 Å². The molecule has 0 aliphatic carbocycles. The third kappa shape index (κ3) is 4.64. The van der Waals surface area contributed by atoms with Crippen molar-refractivity contribution in [2.75, 3.05) is 13.6 Å². The molecule has 0 fully saturated rings. The van der Waals surface area contributed by atoms with Crippen molar-refractivity contribution in [1.82, 2.24) is 4.90 Å². The van der Waals surface area contributed by atoms with Crippen LogP contribution in [0.4, 0.5) is 13.2 Å². The molecule has 0 aromatic rings. The van der Waals surface area contributed by atoms with E-state index >= 15 is 0 Å². The predicted octanol–water partition coefficient (Wildman–Crippen LogP) is 2.58. The molecule has 1 aliphatic rings. The van der Waals surface area contributed by atoms with E-state index in [-0.39, 0.29) is 18.2 Å². The Hall–Kier alpha value is -1.92. The van der Waals surface area contributed by atoms with Gasteiger partial charge >= 0.3 is 6.18 Å². The third-order valence-corrected chi connectivity index (χ3v) is 2.87. The first-order valence-electron chi connectivity index (χ1n) is 5.97. The van der Waals surface area contributed by atoms with Gasteiger partial charge in [-0.05, 0) is 13.0 Å². The van der Waals surface area contributed by atoms with E-state index in [0.29, 0.717) is 5.57 Å². The van der Waals surface area contributed by atoms with Crippen molar-refractivity contribution < 1.29 is 18.0 Å². The fourth-order valence-electron chi connectivity index (χ4n) is 1.73. The number of aliphatic imine (C=N–C) groups is 1. The van der Waals surface area contributed by atoms with Crippen LogP contribution in [-0.2, 0) is 4.79 Å². The molecule has 0 saturated heterocycles. The summed E-state index contributed by atoms with van der Waals surface area (Å²) in [6, 6.07) is 0. The third-order valence-electron chi connectivity index (χ3n) is 2.87. The van der Waals surface area contributed by atoms with Crippen LogP contribution < -0.4 is 0 Å². The minimum atomic E-state index is -4.33. The number of amides is 1. The summed E-state index contributed by atoms with van der Waals surface area (Å²) in [5.74, 6) is -1.03. The topological polar surface area (TPSA) is 56.5 Å². The predicted molar refractivity (Wildman–Crippen MR) is 70.9 cm³/mol. The van der Waals surface area contributed by atoms with Gasteiger partial charge in [0.05, 0.1) is 25.2 Å². The lowest BCUT2D eigenvalue weighted by Crippen LogP contribution is -2.31. The molecule has 1 rings (SSSR count). The molecule has 1 atom stereocenters. The average molecular weight is 287 g/mol.